The van der Waals surface area contributed by atoms with Crippen molar-refractivity contribution in [2.45, 2.75) is 45.6 Å². The second kappa shape index (κ2) is 8.91. The Hall–Kier alpha value is -2.91. The van der Waals surface area contributed by atoms with Crippen molar-refractivity contribution in [3.63, 3.8) is 0 Å². The molecular weight excluding hydrogens is 422 g/mol. The van der Waals surface area contributed by atoms with Gasteiger partial charge in [-0.2, -0.15) is 0 Å². The fourth-order valence-electron chi connectivity index (χ4n) is 3.28. The molecule has 2 atom stereocenters. The Morgan fingerprint density at radius 1 is 1.16 bits per heavy atom. The van der Waals surface area contributed by atoms with E-state index in [1.165, 1.54) is 6.92 Å². The van der Waals surface area contributed by atoms with Crippen LogP contribution in [0.3, 0.4) is 0 Å². The Balaban J connectivity index is 1.90. The van der Waals surface area contributed by atoms with Gasteiger partial charge < -0.3 is 14.1 Å². The van der Waals surface area contributed by atoms with Crippen LogP contribution in [0.4, 0.5) is 4.39 Å². The van der Waals surface area contributed by atoms with E-state index in [-0.39, 0.29) is 5.60 Å². The van der Waals surface area contributed by atoms with E-state index >= 15 is 0 Å². The molecule has 2 unspecified atom stereocenters. The number of imidazole rings is 1. The molecule has 0 bridgehead atoms. The molecule has 0 saturated carbocycles. The summed E-state index contributed by atoms with van der Waals surface area (Å²) in [6.07, 6.45) is 3.48. The molecular formula is C26H30FN2O2P. The number of hydrogen-bond acceptors (Lipinski definition) is 3. The molecule has 0 aliphatic rings. The molecule has 3 rings (SSSR count). The van der Waals surface area contributed by atoms with Gasteiger partial charge in [-0.3, -0.25) is 0 Å². The minimum absolute atomic E-state index is 0.384. The molecule has 1 aromatic carbocycles. The number of aryl methyl sites for hydroxylation is 1. The van der Waals surface area contributed by atoms with Crippen molar-refractivity contribution in [3.05, 3.63) is 84.5 Å². The lowest BCUT2D eigenvalue weighted by Gasteiger charge is -2.23. The van der Waals surface area contributed by atoms with Crippen LogP contribution in [0.15, 0.2) is 71.9 Å². The molecule has 0 aliphatic heterocycles. The van der Waals surface area contributed by atoms with E-state index in [1.807, 2.05) is 58.0 Å². The number of aromatic amines is 1. The SMILES string of the molecule is C=C/C=C(\C(=C)OC(C)(C)C)c1ccc(-c2nc(-c3ccc(C(C)(F)P)cc3)c(C)[nH]2)o1. The summed E-state index contributed by atoms with van der Waals surface area (Å²) in [5.41, 5.74) is 3.50. The highest BCUT2D eigenvalue weighted by atomic mass is 31.0. The van der Waals surface area contributed by atoms with E-state index in [4.69, 9.17) is 14.1 Å². The van der Waals surface area contributed by atoms with Crippen LogP contribution in [0.2, 0.25) is 0 Å². The van der Waals surface area contributed by atoms with Crippen molar-refractivity contribution in [2.75, 3.05) is 0 Å². The van der Waals surface area contributed by atoms with Crippen LogP contribution in [0.1, 0.15) is 44.7 Å². The summed E-state index contributed by atoms with van der Waals surface area (Å²) in [6, 6.07) is 11.0. The highest BCUT2D eigenvalue weighted by molar-refractivity contribution is 7.18. The molecule has 0 amide bonds. The number of hydrogen-bond donors (Lipinski definition) is 1. The summed E-state index contributed by atoms with van der Waals surface area (Å²) in [5.74, 6) is 2.31. The maximum atomic E-state index is 14.1. The van der Waals surface area contributed by atoms with Crippen LogP contribution >= 0.6 is 9.24 Å². The van der Waals surface area contributed by atoms with Crippen LogP contribution in [0.25, 0.3) is 28.4 Å². The molecule has 168 valence electrons. The molecule has 0 saturated heterocycles. The summed E-state index contributed by atoms with van der Waals surface area (Å²) in [6.45, 7) is 17.2. The van der Waals surface area contributed by atoms with Gasteiger partial charge in [-0.1, -0.05) is 52.7 Å². The van der Waals surface area contributed by atoms with Gasteiger partial charge in [0.05, 0.1) is 11.3 Å². The first-order valence-corrected chi connectivity index (χ1v) is 10.9. The number of H-pyrrole nitrogens is 1. The number of rotatable bonds is 7. The van der Waals surface area contributed by atoms with E-state index in [0.29, 0.717) is 34.2 Å². The van der Waals surface area contributed by atoms with Gasteiger partial charge in [0.2, 0.25) is 0 Å². The van der Waals surface area contributed by atoms with Crippen molar-refractivity contribution in [1.29, 1.82) is 0 Å². The van der Waals surface area contributed by atoms with Crippen LogP contribution in [0, 0.1) is 6.92 Å². The van der Waals surface area contributed by atoms with Crippen molar-refractivity contribution >= 4 is 14.8 Å². The molecule has 0 radical (unpaired) electrons. The third-order valence-corrected chi connectivity index (χ3v) is 5.06. The lowest BCUT2D eigenvalue weighted by molar-refractivity contribution is 0.0628. The normalized spacial score (nSPS) is 14.2. The molecule has 6 heteroatoms. The van der Waals surface area contributed by atoms with E-state index in [1.54, 1.807) is 18.2 Å². The van der Waals surface area contributed by atoms with Crippen LogP contribution in [-0.4, -0.2) is 15.6 Å². The highest BCUT2D eigenvalue weighted by Gasteiger charge is 2.21. The van der Waals surface area contributed by atoms with E-state index < -0.39 is 5.41 Å². The summed E-state index contributed by atoms with van der Waals surface area (Å²) < 4.78 is 26.1. The Labute approximate surface area is 191 Å². The first kappa shape index (κ1) is 23.7. The largest absolute Gasteiger partial charge is 0.488 e. The van der Waals surface area contributed by atoms with Gasteiger partial charge in [-0.25, -0.2) is 9.37 Å². The van der Waals surface area contributed by atoms with Gasteiger partial charge in [0, 0.05) is 11.3 Å². The first-order valence-electron chi connectivity index (χ1n) is 10.4. The van der Waals surface area contributed by atoms with Gasteiger partial charge >= 0.3 is 0 Å². The average molecular weight is 453 g/mol. The number of ether oxygens (including phenoxy) is 1. The number of furan rings is 1. The van der Waals surface area contributed by atoms with Crippen LogP contribution in [-0.2, 0) is 10.1 Å². The van der Waals surface area contributed by atoms with Crippen molar-refractivity contribution in [3.8, 4) is 22.8 Å². The highest BCUT2D eigenvalue weighted by Crippen LogP contribution is 2.35. The van der Waals surface area contributed by atoms with Gasteiger partial charge in [0.1, 0.15) is 22.5 Å². The summed E-state index contributed by atoms with van der Waals surface area (Å²) in [7, 11) is 2.21. The summed E-state index contributed by atoms with van der Waals surface area (Å²) in [4.78, 5) is 8.00. The van der Waals surface area contributed by atoms with Gasteiger partial charge in [-0.15, -0.1) is 0 Å². The molecule has 32 heavy (non-hydrogen) atoms. The van der Waals surface area contributed by atoms with E-state index in [0.717, 1.165) is 17.0 Å². The molecule has 2 aromatic heterocycles. The fraction of sp³-hybridized carbons (Fsp3) is 0.269. The maximum Gasteiger partial charge on any atom is 0.174 e. The number of halogens is 1. The monoisotopic (exact) mass is 452 g/mol. The summed E-state index contributed by atoms with van der Waals surface area (Å²) >= 11 is 0. The third kappa shape index (κ3) is 5.46. The van der Waals surface area contributed by atoms with Crippen LogP contribution in [0.5, 0.6) is 0 Å². The number of nitrogens with zero attached hydrogens (tertiary/aromatic N) is 1. The van der Waals surface area contributed by atoms with Crippen molar-refractivity contribution in [2.24, 2.45) is 0 Å². The molecule has 1 N–H and O–H groups in total. The standard InChI is InChI=1S/C26H30FN2O2P/c1-8-9-20(17(3)31-25(4,5)6)21-14-15-22(30-21)24-28-16(2)23(29-24)18-10-12-19(13-11-18)26(7,27)32/h8-15H,1,3,32H2,2,4-7H3,(H,28,29)/b20-9+. The topological polar surface area (TPSA) is 51.0 Å². The molecule has 3 aromatic rings. The third-order valence-electron chi connectivity index (χ3n) is 4.73. The Kier molecular flexibility index (Phi) is 6.61. The second-order valence-electron chi connectivity index (χ2n) is 8.83. The first-order chi connectivity index (χ1) is 14.9. The zero-order valence-electron chi connectivity index (χ0n) is 19.3. The number of allylic oxidation sites excluding steroid dienone is 3. The molecule has 0 aliphatic carbocycles. The van der Waals surface area contributed by atoms with Gasteiger partial charge in [0.15, 0.2) is 11.6 Å². The molecule has 2 heterocycles. The number of benzene rings is 1. The Morgan fingerprint density at radius 3 is 2.38 bits per heavy atom. The smallest absolute Gasteiger partial charge is 0.174 e. The lowest BCUT2D eigenvalue weighted by Crippen LogP contribution is -2.18. The minimum Gasteiger partial charge on any atom is -0.488 e. The summed E-state index contributed by atoms with van der Waals surface area (Å²) in [5, 5.41) is -1.47. The van der Waals surface area contributed by atoms with Crippen LogP contribution < -0.4 is 0 Å². The Morgan fingerprint density at radius 2 is 1.81 bits per heavy atom. The number of alkyl halides is 1. The van der Waals surface area contributed by atoms with Gasteiger partial charge in [0.25, 0.3) is 0 Å². The maximum absolute atomic E-state index is 14.1. The fourth-order valence-corrected chi connectivity index (χ4v) is 3.47. The lowest BCUT2D eigenvalue weighted by atomic mass is 10.1. The number of nitrogens with one attached hydrogen (secondary N) is 1. The predicted molar refractivity (Wildman–Crippen MR) is 133 cm³/mol. The van der Waals surface area contributed by atoms with E-state index in [2.05, 4.69) is 27.4 Å². The van der Waals surface area contributed by atoms with E-state index in [9.17, 15) is 4.39 Å². The van der Waals surface area contributed by atoms with Crippen molar-refractivity contribution in [1.82, 2.24) is 9.97 Å². The molecule has 4 nitrogen and oxygen atoms in total. The molecule has 0 spiro atoms. The second-order valence-corrected chi connectivity index (χ2v) is 9.91. The average Bonchev–Trinajstić information content (AvgIpc) is 3.31. The minimum atomic E-state index is -1.47. The quantitative estimate of drug-likeness (QED) is 0.229. The Bertz CT molecular complexity index is 1160. The number of aromatic nitrogens is 2. The van der Waals surface area contributed by atoms with Gasteiger partial charge in [-0.05, 0) is 58.4 Å². The zero-order chi connectivity index (χ0) is 23.7. The predicted octanol–water partition coefficient (Wildman–Crippen LogP) is 7.56. The zero-order valence-corrected chi connectivity index (χ0v) is 20.4. The molecule has 0 fully saturated rings. The van der Waals surface area contributed by atoms with Crippen molar-refractivity contribution < 1.29 is 13.5 Å².